The average molecular weight is 288 g/mol. The second-order valence-electron chi connectivity index (χ2n) is 4.60. The Labute approximate surface area is 119 Å². The lowest BCUT2D eigenvalue weighted by atomic mass is 9.93. The number of ether oxygens (including phenoxy) is 1. The molecule has 0 bridgehead atoms. The van der Waals surface area contributed by atoms with E-state index in [9.17, 15) is 5.11 Å². The van der Waals surface area contributed by atoms with Gasteiger partial charge >= 0.3 is 0 Å². The fourth-order valence-corrected chi connectivity index (χ4v) is 2.35. The highest BCUT2D eigenvalue weighted by molar-refractivity contribution is 6.31. The van der Waals surface area contributed by atoms with E-state index < -0.39 is 12.1 Å². The van der Waals surface area contributed by atoms with Crippen LogP contribution in [0.1, 0.15) is 36.1 Å². The molecule has 0 amide bonds. The number of hydrogen-bond donors (Lipinski definition) is 3. The molecule has 1 rings (SSSR count). The molecular formula is C14H22ClNO3. The predicted molar refractivity (Wildman–Crippen MR) is 76.7 cm³/mol. The monoisotopic (exact) mass is 287 g/mol. The van der Waals surface area contributed by atoms with E-state index in [1.165, 1.54) is 0 Å². The third kappa shape index (κ3) is 3.60. The summed E-state index contributed by atoms with van der Waals surface area (Å²) in [5.74, 6) is 0.630. The van der Waals surface area contributed by atoms with Crippen molar-refractivity contribution in [2.45, 2.75) is 39.3 Å². The maximum absolute atomic E-state index is 10.4. The molecule has 0 radical (unpaired) electrons. The van der Waals surface area contributed by atoms with Gasteiger partial charge in [-0.15, -0.1) is 0 Å². The molecule has 19 heavy (non-hydrogen) atoms. The number of nitrogens with two attached hydrogens (primary N) is 1. The first-order valence-electron chi connectivity index (χ1n) is 6.40. The lowest BCUT2D eigenvalue weighted by Crippen LogP contribution is -2.30. The van der Waals surface area contributed by atoms with Crippen LogP contribution in [0.15, 0.2) is 6.07 Å². The lowest BCUT2D eigenvalue weighted by Gasteiger charge is -2.24. The molecule has 1 aromatic rings. The topological polar surface area (TPSA) is 75.7 Å². The van der Waals surface area contributed by atoms with Crippen LogP contribution in [0.25, 0.3) is 0 Å². The van der Waals surface area contributed by atoms with Crippen LogP contribution >= 0.6 is 11.6 Å². The van der Waals surface area contributed by atoms with E-state index in [0.717, 1.165) is 11.1 Å². The predicted octanol–water partition coefficient (Wildman–Crippen LogP) is 2.10. The van der Waals surface area contributed by atoms with Crippen molar-refractivity contribution in [1.82, 2.24) is 0 Å². The molecule has 0 fully saturated rings. The number of aryl methyl sites for hydroxylation is 1. The van der Waals surface area contributed by atoms with Gasteiger partial charge < -0.3 is 20.7 Å². The van der Waals surface area contributed by atoms with Crippen LogP contribution in [0.5, 0.6) is 5.75 Å². The van der Waals surface area contributed by atoms with Crippen LogP contribution in [-0.4, -0.2) is 29.5 Å². The van der Waals surface area contributed by atoms with Gasteiger partial charge in [-0.25, -0.2) is 0 Å². The first-order valence-corrected chi connectivity index (χ1v) is 6.78. The number of rotatable bonds is 6. The van der Waals surface area contributed by atoms with E-state index in [2.05, 4.69) is 0 Å². The zero-order valence-electron chi connectivity index (χ0n) is 11.6. The van der Waals surface area contributed by atoms with E-state index in [0.29, 0.717) is 29.4 Å². The van der Waals surface area contributed by atoms with Crippen LogP contribution in [0.3, 0.4) is 0 Å². The van der Waals surface area contributed by atoms with Gasteiger partial charge in [-0.2, -0.15) is 0 Å². The smallest absolute Gasteiger partial charge is 0.128 e. The molecule has 108 valence electrons. The van der Waals surface area contributed by atoms with Crippen molar-refractivity contribution in [1.29, 1.82) is 0 Å². The maximum Gasteiger partial charge on any atom is 0.128 e. The van der Waals surface area contributed by atoms with Gasteiger partial charge in [0.1, 0.15) is 5.75 Å². The molecule has 0 heterocycles. The van der Waals surface area contributed by atoms with Crippen molar-refractivity contribution in [2.75, 3.05) is 13.2 Å². The Morgan fingerprint density at radius 2 is 2.05 bits per heavy atom. The molecule has 0 spiro atoms. The summed E-state index contributed by atoms with van der Waals surface area (Å²) in [6.07, 6.45) is -0.594. The summed E-state index contributed by atoms with van der Waals surface area (Å²) < 4.78 is 5.62. The van der Waals surface area contributed by atoms with Crippen molar-refractivity contribution in [3.63, 3.8) is 0 Å². The van der Waals surface area contributed by atoms with E-state index >= 15 is 0 Å². The standard InChI is InChI=1S/C14H22ClNO3/c1-4-19-14-8(2)7-10(15)9(3)12(14)13(18)11(16)5-6-17/h7,11,13,17-18H,4-6,16H2,1-3H3. The van der Waals surface area contributed by atoms with Crippen molar-refractivity contribution in [3.8, 4) is 5.75 Å². The molecule has 0 aliphatic carbocycles. The minimum absolute atomic E-state index is 0.0687. The van der Waals surface area contributed by atoms with Gasteiger partial charge in [-0.1, -0.05) is 11.6 Å². The summed E-state index contributed by atoms with van der Waals surface area (Å²) in [5, 5.41) is 19.9. The van der Waals surface area contributed by atoms with Crippen LogP contribution in [0, 0.1) is 13.8 Å². The van der Waals surface area contributed by atoms with Crippen molar-refractivity contribution in [2.24, 2.45) is 5.73 Å². The summed E-state index contributed by atoms with van der Waals surface area (Å²) in [4.78, 5) is 0. The second-order valence-corrected chi connectivity index (χ2v) is 5.00. The average Bonchev–Trinajstić information content (AvgIpc) is 2.36. The fourth-order valence-electron chi connectivity index (χ4n) is 2.09. The summed E-state index contributed by atoms with van der Waals surface area (Å²) >= 11 is 6.16. The molecule has 4 N–H and O–H groups in total. The zero-order chi connectivity index (χ0) is 14.6. The summed E-state index contributed by atoms with van der Waals surface area (Å²) in [6.45, 7) is 6.02. The van der Waals surface area contributed by atoms with Crippen LogP contribution in [0.4, 0.5) is 0 Å². The third-order valence-corrected chi connectivity index (χ3v) is 3.55. The third-order valence-electron chi connectivity index (χ3n) is 3.16. The summed E-state index contributed by atoms with van der Waals surface area (Å²) in [6, 6.07) is 1.26. The molecule has 2 unspecified atom stereocenters. The van der Waals surface area contributed by atoms with Crippen LogP contribution in [-0.2, 0) is 0 Å². The van der Waals surface area contributed by atoms with Gasteiger partial charge in [0.15, 0.2) is 0 Å². The molecule has 0 aliphatic heterocycles. The number of benzene rings is 1. The molecule has 1 aromatic carbocycles. The largest absolute Gasteiger partial charge is 0.493 e. The van der Waals surface area contributed by atoms with E-state index in [1.807, 2.05) is 26.8 Å². The zero-order valence-corrected chi connectivity index (χ0v) is 12.4. The molecule has 5 heteroatoms. The van der Waals surface area contributed by atoms with E-state index in [1.54, 1.807) is 0 Å². The summed E-state index contributed by atoms with van der Waals surface area (Å²) in [7, 11) is 0. The highest BCUT2D eigenvalue weighted by Gasteiger charge is 2.25. The first kappa shape index (κ1) is 16.2. The normalized spacial score (nSPS) is 14.3. The van der Waals surface area contributed by atoms with E-state index in [-0.39, 0.29) is 6.61 Å². The highest BCUT2D eigenvalue weighted by atomic mass is 35.5. The fraction of sp³-hybridized carbons (Fsp3) is 0.571. The number of aliphatic hydroxyl groups excluding tert-OH is 2. The van der Waals surface area contributed by atoms with Gasteiger partial charge in [0.05, 0.1) is 12.7 Å². The quantitative estimate of drug-likeness (QED) is 0.749. The minimum Gasteiger partial charge on any atom is -0.493 e. The minimum atomic E-state index is -0.911. The van der Waals surface area contributed by atoms with Gasteiger partial charge in [-0.05, 0) is 44.4 Å². The van der Waals surface area contributed by atoms with Gasteiger partial charge in [0.2, 0.25) is 0 Å². The second kappa shape index (κ2) is 7.10. The Kier molecular flexibility index (Phi) is 6.07. The Balaban J connectivity index is 3.29. The number of hydrogen-bond acceptors (Lipinski definition) is 4. The number of halogens is 1. The Morgan fingerprint density at radius 3 is 2.58 bits per heavy atom. The lowest BCUT2D eigenvalue weighted by molar-refractivity contribution is 0.124. The van der Waals surface area contributed by atoms with E-state index in [4.69, 9.17) is 27.2 Å². The van der Waals surface area contributed by atoms with Crippen LogP contribution in [0.2, 0.25) is 5.02 Å². The molecule has 0 aromatic heterocycles. The SMILES string of the molecule is CCOc1c(C)cc(Cl)c(C)c1C(O)C(N)CCO. The van der Waals surface area contributed by atoms with Crippen molar-refractivity contribution >= 4 is 11.6 Å². The summed E-state index contributed by atoms with van der Waals surface area (Å²) in [5.41, 5.74) is 8.13. The molecule has 0 saturated carbocycles. The Bertz CT molecular complexity index is 437. The Hall–Kier alpha value is -0.810. The highest BCUT2D eigenvalue weighted by Crippen LogP contribution is 2.37. The molecular weight excluding hydrogens is 266 g/mol. The van der Waals surface area contributed by atoms with Crippen molar-refractivity contribution in [3.05, 3.63) is 27.8 Å². The molecule has 4 nitrogen and oxygen atoms in total. The number of aliphatic hydroxyl groups is 2. The molecule has 0 aliphatic rings. The van der Waals surface area contributed by atoms with Crippen LogP contribution < -0.4 is 10.5 Å². The Morgan fingerprint density at radius 1 is 1.42 bits per heavy atom. The molecule has 0 saturated heterocycles. The first-order chi connectivity index (χ1) is 8.93. The van der Waals surface area contributed by atoms with Gasteiger partial charge in [0.25, 0.3) is 0 Å². The van der Waals surface area contributed by atoms with Gasteiger partial charge in [-0.3, -0.25) is 0 Å². The van der Waals surface area contributed by atoms with Gasteiger partial charge in [0, 0.05) is 23.2 Å². The van der Waals surface area contributed by atoms with Crippen molar-refractivity contribution < 1.29 is 14.9 Å². The maximum atomic E-state index is 10.4. The molecule has 2 atom stereocenters.